The first-order valence-corrected chi connectivity index (χ1v) is 14.3. The van der Waals surface area contributed by atoms with Crippen LogP contribution in [-0.4, -0.2) is 38.6 Å². The third kappa shape index (κ3) is 4.86. The third-order valence-electron chi connectivity index (χ3n) is 8.05. The lowest BCUT2D eigenvalue weighted by Crippen LogP contribution is -2.12. The van der Waals surface area contributed by atoms with Crippen molar-refractivity contribution < 1.29 is 23.8 Å². The minimum atomic E-state index is -0.930. The summed E-state index contributed by atoms with van der Waals surface area (Å²) < 4.78 is 30.3. The molecule has 1 aliphatic heterocycles. The molecule has 0 aliphatic carbocycles. The molecule has 0 amide bonds. The Kier molecular flexibility index (Phi) is 7.49. The highest BCUT2D eigenvalue weighted by Gasteiger charge is 2.27. The van der Waals surface area contributed by atoms with E-state index in [9.17, 15) is 14.3 Å². The molecule has 1 N–H and O–H groups in total. The second-order valence-electron chi connectivity index (χ2n) is 10.5. The van der Waals surface area contributed by atoms with E-state index in [4.69, 9.17) is 14.6 Å². The lowest BCUT2D eigenvalue weighted by Gasteiger charge is -2.12. The van der Waals surface area contributed by atoms with Crippen LogP contribution in [0.1, 0.15) is 53.6 Å². The van der Waals surface area contributed by atoms with Crippen molar-refractivity contribution in [2.24, 2.45) is 7.05 Å². The maximum atomic E-state index is 14.3. The van der Waals surface area contributed by atoms with E-state index in [1.165, 1.54) is 6.07 Å². The number of ether oxygens (including phenoxy) is 2. The third-order valence-corrected chi connectivity index (χ3v) is 8.05. The molecular formula is C33H34FN3O4. The summed E-state index contributed by atoms with van der Waals surface area (Å²) in [6.45, 7) is 4.13. The molecule has 212 valence electrons. The van der Waals surface area contributed by atoms with Crippen LogP contribution in [-0.2, 0) is 37.8 Å². The summed E-state index contributed by atoms with van der Waals surface area (Å²) in [6, 6.07) is 16.5. The van der Waals surface area contributed by atoms with Gasteiger partial charge in [-0.3, -0.25) is 4.68 Å². The van der Waals surface area contributed by atoms with Crippen LogP contribution in [0.15, 0.2) is 54.6 Å². The zero-order valence-corrected chi connectivity index (χ0v) is 23.5. The van der Waals surface area contributed by atoms with Crippen LogP contribution in [0.25, 0.3) is 32.8 Å². The summed E-state index contributed by atoms with van der Waals surface area (Å²) in [4.78, 5) is 12.8. The fourth-order valence-corrected chi connectivity index (χ4v) is 6.19. The Morgan fingerprint density at radius 1 is 1.07 bits per heavy atom. The quantitative estimate of drug-likeness (QED) is 0.221. The molecule has 5 aromatic rings. The van der Waals surface area contributed by atoms with E-state index in [-0.39, 0.29) is 5.82 Å². The van der Waals surface area contributed by atoms with Crippen molar-refractivity contribution in [2.45, 2.75) is 52.2 Å². The van der Waals surface area contributed by atoms with Gasteiger partial charge in [-0.25, -0.2) is 9.18 Å². The second kappa shape index (κ2) is 11.4. The van der Waals surface area contributed by atoms with Crippen molar-refractivity contribution in [3.05, 3.63) is 83.1 Å². The number of carboxylic acid groups (broad SMARTS) is 1. The second-order valence-corrected chi connectivity index (χ2v) is 10.5. The first kappa shape index (κ1) is 27.0. The van der Waals surface area contributed by atoms with Crippen LogP contribution >= 0.6 is 0 Å². The van der Waals surface area contributed by atoms with E-state index in [1.54, 1.807) is 18.2 Å². The average molecular weight is 556 g/mol. The molecule has 6 rings (SSSR count). The summed E-state index contributed by atoms with van der Waals surface area (Å²) in [5.74, 6) is -0.587. The van der Waals surface area contributed by atoms with Crippen molar-refractivity contribution in [1.82, 2.24) is 14.3 Å². The van der Waals surface area contributed by atoms with Gasteiger partial charge in [-0.15, -0.1) is 0 Å². The van der Waals surface area contributed by atoms with E-state index in [1.807, 2.05) is 40.6 Å². The lowest BCUT2D eigenvalue weighted by atomic mass is 9.97. The van der Waals surface area contributed by atoms with Crippen molar-refractivity contribution in [3.8, 4) is 16.9 Å². The number of fused-ring (bicyclic) bond motifs is 3. The van der Waals surface area contributed by atoms with Crippen LogP contribution < -0.4 is 4.74 Å². The Labute approximate surface area is 238 Å². The number of halogens is 1. The van der Waals surface area contributed by atoms with Gasteiger partial charge in [0.2, 0.25) is 0 Å². The maximum Gasteiger partial charge on any atom is 0.352 e. The minimum absolute atomic E-state index is 0.281. The number of benzene rings is 3. The molecule has 2 aromatic heterocycles. The number of aryl methyl sites for hydroxylation is 4. The highest BCUT2D eigenvalue weighted by atomic mass is 19.1. The zero-order chi connectivity index (χ0) is 28.5. The fourth-order valence-electron chi connectivity index (χ4n) is 6.19. The molecule has 7 nitrogen and oxygen atoms in total. The van der Waals surface area contributed by atoms with Gasteiger partial charge in [0, 0.05) is 47.5 Å². The first-order chi connectivity index (χ1) is 20.0. The van der Waals surface area contributed by atoms with Crippen LogP contribution in [0.2, 0.25) is 0 Å². The van der Waals surface area contributed by atoms with E-state index < -0.39 is 5.97 Å². The molecule has 0 spiro atoms. The number of carboxylic acids is 1. The van der Waals surface area contributed by atoms with E-state index in [0.717, 1.165) is 63.6 Å². The van der Waals surface area contributed by atoms with Gasteiger partial charge in [0.25, 0.3) is 0 Å². The van der Waals surface area contributed by atoms with Gasteiger partial charge in [0.05, 0.1) is 30.1 Å². The summed E-state index contributed by atoms with van der Waals surface area (Å²) in [5, 5.41) is 17.5. The molecule has 3 heterocycles. The molecule has 0 saturated carbocycles. The Morgan fingerprint density at radius 2 is 1.85 bits per heavy atom. The number of para-hydroxylation sites is 1. The van der Waals surface area contributed by atoms with Crippen molar-refractivity contribution in [1.29, 1.82) is 0 Å². The number of aromatic nitrogens is 3. The number of hydrogen-bond acceptors (Lipinski definition) is 4. The Hall–Kier alpha value is -4.17. The van der Waals surface area contributed by atoms with Crippen LogP contribution in [0, 0.1) is 5.82 Å². The monoisotopic (exact) mass is 555 g/mol. The van der Waals surface area contributed by atoms with Gasteiger partial charge in [-0.05, 0) is 49.8 Å². The Bertz CT molecular complexity index is 1750. The molecular weight excluding hydrogens is 521 g/mol. The van der Waals surface area contributed by atoms with Gasteiger partial charge >= 0.3 is 5.97 Å². The average Bonchev–Trinajstić information content (AvgIpc) is 3.45. The first-order valence-electron chi connectivity index (χ1n) is 14.3. The van der Waals surface area contributed by atoms with Crippen molar-refractivity contribution >= 4 is 27.6 Å². The van der Waals surface area contributed by atoms with E-state index in [2.05, 4.69) is 13.0 Å². The van der Waals surface area contributed by atoms with Crippen molar-refractivity contribution in [2.75, 3.05) is 13.2 Å². The molecule has 0 radical (unpaired) electrons. The number of aromatic carboxylic acids is 1. The molecule has 0 unspecified atom stereocenters. The largest absolute Gasteiger partial charge is 0.493 e. The Morgan fingerprint density at radius 3 is 2.68 bits per heavy atom. The lowest BCUT2D eigenvalue weighted by molar-refractivity contribution is 0.0683. The smallest absolute Gasteiger partial charge is 0.352 e. The highest BCUT2D eigenvalue weighted by molar-refractivity contribution is 6.04. The molecule has 0 saturated heterocycles. The SMILES string of the molecule is CCc1nn(C)c2c1-c1cccc3c(CCCOc4cccc5c(F)cccc45)c(C(=O)O)n(c13)CCCCOC2. The molecule has 1 aliphatic rings. The van der Waals surface area contributed by atoms with Crippen molar-refractivity contribution in [3.63, 3.8) is 0 Å². The van der Waals surface area contributed by atoms with E-state index in [0.29, 0.717) is 56.0 Å². The van der Waals surface area contributed by atoms with Gasteiger partial charge in [0.1, 0.15) is 17.3 Å². The summed E-state index contributed by atoms with van der Waals surface area (Å²) >= 11 is 0. The topological polar surface area (TPSA) is 78.5 Å². The van der Waals surface area contributed by atoms with Crippen LogP contribution in [0.4, 0.5) is 4.39 Å². The fraction of sp³-hybridized carbons (Fsp3) is 0.333. The molecule has 0 bridgehead atoms. The molecule has 41 heavy (non-hydrogen) atoms. The van der Waals surface area contributed by atoms with Gasteiger partial charge < -0.3 is 19.1 Å². The summed E-state index contributed by atoms with van der Waals surface area (Å²) in [7, 11) is 1.94. The standard InChI is InChI=1S/C33H34FN3O4/c1-3-27-30-25-13-6-12-23-24(14-9-19-41-29-16-8-10-21-22(29)11-7-15-26(21)34)32(33(38)39)37(31(23)25)17-4-5-18-40-20-28(30)36(2)35-27/h6-8,10-13,15-16H,3-5,9,14,17-20H2,1-2H3,(H,38,39). The molecule has 0 fully saturated rings. The van der Waals surface area contributed by atoms with E-state index >= 15 is 0 Å². The maximum absolute atomic E-state index is 14.3. The number of carbonyl (C=O) groups is 1. The van der Waals surface area contributed by atoms with Gasteiger partial charge in [-0.1, -0.05) is 49.4 Å². The zero-order valence-electron chi connectivity index (χ0n) is 23.5. The molecule has 3 aromatic carbocycles. The summed E-state index contributed by atoms with van der Waals surface area (Å²) in [6.07, 6.45) is 3.56. The number of nitrogens with zero attached hydrogens (tertiary/aromatic N) is 3. The minimum Gasteiger partial charge on any atom is -0.493 e. The van der Waals surface area contributed by atoms with Crippen LogP contribution in [0.3, 0.4) is 0 Å². The summed E-state index contributed by atoms with van der Waals surface area (Å²) in [5.41, 5.74) is 6.11. The number of hydrogen-bond donors (Lipinski definition) is 1. The number of rotatable bonds is 7. The molecule has 0 atom stereocenters. The predicted octanol–water partition coefficient (Wildman–Crippen LogP) is 6.92. The van der Waals surface area contributed by atoms with Gasteiger partial charge in [-0.2, -0.15) is 5.10 Å². The Balaban J connectivity index is 1.40. The molecule has 8 heteroatoms. The van der Waals surface area contributed by atoms with Gasteiger partial charge in [0.15, 0.2) is 0 Å². The predicted molar refractivity (Wildman–Crippen MR) is 157 cm³/mol. The van der Waals surface area contributed by atoms with Crippen LogP contribution in [0.5, 0.6) is 5.75 Å². The highest BCUT2D eigenvalue weighted by Crippen LogP contribution is 2.39. The normalized spacial score (nSPS) is 13.7.